The van der Waals surface area contributed by atoms with Gasteiger partial charge in [-0.15, -0.1) is 0 Å². The molecule has 1 heterocycles. The third-order valence-corrected chi connectivity index (χ3v) is 4.91. The molecule has 0 aliphatic carbocycles. The number of rotatable bonds is 8. The number of fused-ring (bicyclic) bond motifs is 1. The molecule has 28 heavy (non-hydrogen) atoms. The lowest BCUT2D eigenvalue weighted by atomic mass is 10.0. The Morgan fingerprint density at radius 2 is 1.68 bits per heavy atom. The molecule has 0 spiro atoms. The van der Waals surface area contributed by atoms with E-state index in [2.05, 4.69) is 17.1 Å². The molecule has 0 saturated carbocycles. The summed E-state index contributed by atoms with van der Waals surface area (Å²) >= 11 is 0. The van der Waals surface area contributed by atoms with E-state index in [1.165, 1.54) is 5.56 Å². The minimum absolute atomic E-state index is 0.154. The summed E-state index contributed by atoms with van der Waals surface area (Å²) in [6, 6.07) is 17.7. The Bertz CT molecular complexity index is 938. The molecular formula is C23H27N3O2. The lowest BCUT2D eigenvalue weighted by Gasteiger charge is -2.27. The molecule has 0 saturated heterocycles. The summed E-state index contributed by atoms with van der Waals surface area (Å²) in [7, 11) is 3.96. The van der Waals surface area contributed by atoms with Gasteiger partial charge in [-0.25, -0.2) is 4.99 Å². The van der Waals surface area contributed by atoms with E-state index in [4.69, 9.17) is 0 Å². The van der Waals surface area contributed by atoms with E-state index in [-0.39, 0.29) is 11.8 Å². The van der Waals surface area contributed by atoms with Gasteiger partial charge >= 0.3 is 0 Å². The molecule has 1 unspecified atom stereocenters. The number of aryl methyl sites for hydroxylation is 1. The van der Waals surface area contributed by atoms with Gasteiger partial charge in [0.15, 0.2) is 0 Å². The van der Waals surface area contributed by atoms with Gasteiger partial charge in [-0.05, 0) is 43.8 Å². The molecule has 1 aliphatic rings. The Hall–Kier alpha value is -2.79. The van der Waals surface area contributed by atoms with Crippen molar-refractivity contribution in [3.05, 3.63) is 70.7 Å². The Morgan fingerprint density at radius 3 is 2.43 bits per heavy atom. The highest BCUT2D eigenvalue weighted by molar-refractivity contribution is 6.06. The van der Waals surface area contributed by atoms with Crippen LogP contribution in [0.3, 0.4) is 0 Å². The first-order valence-electron chi connectivity index (χ1n) is 9.71. The first-order valence-corrected chi connectivity index (χ1v) is 9.71. The van der Waals surface area contributed by atoms with E-state index in [0.717, 1.165) is 24.6 Å². The van der Waals surface area contributed by atoms with Crippen LogP contribution >= 0.6 is 0 Å². The van der Waals surface area contributed by atoms with Gasteiger partial charge in [0.1, 0.15) is 5.92 Å². The fraction of sp³-hybridized carbons (Fsp3) is 0.348. The molecule has 146 valence electrons. The van der Waals surface area contributed by atoms with E-state index < -0.39 is 5.92 Å². The van der Waals surface area contributed by atoms with Crippen molar-refractivity contribution in [3.8, 4) is 0 Å². The number of hydrogen-bond donors (Lipinski definition) is 0. The largest absolute Gasteiger partial charge is 0.340 e. The molecule has 1 aliphatic heterocycles. The minimum Gasteiger partial charge on any atom is -0.340 e. The van der Waals surface area contributed by atoms with Crippen LogP contribution in [0.25, 0.3) is 6.08 Å². The maximum atomic E-state index is 13.2. The van der Waals surface area contributed by atoms with Gasteiger partial charge in [0.05, 0.1) is 5.36 Å². The van der Waals surface area contributed by atoms with Crippen LogP contribution in [0.5, 0.6) is 0 Å². The first-order chi connectivity index (χ1) is 13.5. The lowest BCUT2D eigenvalue weighted by molar-refractivity contribution is -0.138. The third-order valence-electron chi connectivity index (χ3n) is 4.91. The molecule has 2 aromatic carbocycles. The van der Waals surface area contributed by atoms with Gasteiger partial charge in [-0.3, -0.25) is 9.59 Å². The van der Waals surface area contributed by atoms with E-state index >= 15 is 0 Å². The number of para-hydroxylation sites is 1. The molecule has 3 rings (SSSR count). The van der Waals surface area contributed by atoms with Gasteiger partial charge in [0.2, 0.25) is 5.91 Å². The average Bonchev–Trinajstić information content (AvgIpc) is 2.70. The fourth-order valence-electron chi connectivity index (χ4n) is 3.31. The van der Waals surface area contributed by atoms with Crippen molar-refractivity contribution < 1.29 is 9.59 Å². The monoisotopic (exact) mass is 377 g/mol. The van der Waals surface area contributed by atoms with Gasteiger partial charge < -0.3 is 9.80 Å². The SMILES string of the molecule is CN(C)CCN(CCCc1ccccc1)C(=O)C1C=c2ccccc2=NC1=O. The number of carbonyl (C=O) groups excluding carboxylic acids is 2. The summed E-state index contributed by atoms with van der Waals surface area (Å²) in [5.41, 5.74) is 1.26. The highest BCUT2D eigenvalue weighted by atomic mass is 16.2. The van der Waals surface area contributed by atoms with Crippen LogP contribution in [0.1, 0.15) is 12.0 Å². The van der Waals surface area contributed by atoms with Crippen LogP contribution in [-0.4, -0.2) is 55.3 Å². The molecule has 5 nitrogen and oxygen atoms in total. The maximum Gasteiger partial charge on any atom is 0.262 e. The first kappa shape index (κ1) is 20.0. The van der Waals surface area contributed by atoms with E-state index in [0.29, 0.717) is 18.4 Å². The molecule has 0 radical (unpaired) electrons. The number of likely N-dealkylation sites (N-methyl/N-ethyl adjacent to an activating group) is 1. The van der Waals surface area contributed by atoms with Crippen LogP contribution in [0, 0.1) is 5.92 Å². The average molecular weight is 377 g/mol. The van der Waals surface area contributed by atoms with Crippen LogP contribution in [0.2, 0.25) is 0 Å². The van der Waals surface area contributed by atoms with Crippen LogP contribution < -0.4 is 10.6 Å². The van der Waals surface area contributed by atoms with Gasteiger partial charge in [-0.2, -0.15) is 0 Å². The summed E-state index contributed by atoms with van der Waals surface area (Å²) < 4.78 is 0. The van der Waals surface area contributed by atoms with Crippen molar-refractivity contribution in [2.45, 2.75) is 12.8 Å². The van der Waals surface area contributed by atoms with Crippen molar-refractivity contribution in [3.63, 3.8) is 0 Å². The van der Waals surface area contributed by atoms with Crippen LogP contribution in [-0.2, 0) is 16.0 Å². The molecule has 0 aromatic heterocycles. The van der Waals surface area contributed by atoms with Gasteiger partial charge in [0, 0.05) is 19.6 Å². The number of carbonyl (C=O) groups is 2. The molecule has 5 heteroatoms. The predicted octanol–water partition coefficient (Wildman–Crippen LogP) is 1.27. The second-order valence-electron chi connectivity index (χ2n) is 7.37. The lowest BCUT2D eigenvalue weighted by Crippen LogP contribution is -2.45. The summed E-state index contributed by atoms with van der Waals surface area (Å²) in [6.45, 7) is 1.98. The van der Waals surface area contributed by atoms with E-state index in [1.54, 1.807) is 12.1 Å². The number of benzene rings is 2. The van der Waals surface area contributed by atoms with Crippen molar-refractivity contribution >= 4 is 17.9 Å². The molecule has 0 fully saturated rings. The zero-order valence-corrected chi connectivity index (χ0v) is 16.5. The highest BCUT2D eigenvalue weighted by Crippen LogP contribution is 2.12. The topological polar surface area (TPSA) is 53.0 Å². The quantitative estimate of drug-likeness (QED) is 0.651. The van der Waals surface area contributed by atoms with Crippen LogP contribution in [0.15, 0.2) is 59.6 Å². The third kappa shape index (κ3) is 5.14. The van der Waals surface area contributed by atoms with Gasteiger partial charge in [-0.1, -0.05) is 54.6 Å². The van der Waals surface area contributed by atoms with Crippen molar-refractivity contribution in [2.75, 3.05) is 33.7 Å². The Kier molecular flexibility index (Phi) is 6.71. The van der Waals surface area contributed by atoms with Crippen LogP contribution in [0.4, 0.5) is 0 Å². The Balaban J connectivity index is 1.72. The number of nitrogens with zero attached hydrogens (tertiary/aromatic N) is 3. The van der Waals surface area contributed by atoms with E-state index in [9.17, 15) is 9.59 Å². The molecule has 2 aromatic rings. The zero-order chi connectivity index (χ0) is 19.9. The maximum absolute atomic E-state index is 13.2. The second kappa shape index (κ2) is 9.42. The molecular weight excluding hydrogens is 350 g/mol. The number of amides is 2. The summed E-state index contributed by atoms with van der Waals surface area (Å²) in [5.74, 6) is -1.35. The smallest absolute Gasteiger partial charge is 0.262 e. The fourth-order valence-corrected chi connectivity index (χ4v) is 3.31. The minimum atomic E-state index is -0.825. The zero-order valence-electron chi connectivity index (χ0n) is 16.5. The van der Waals surface area contributed by atoms with Crippen molar-refractivity contribution in [2.24, 2.45) is 10.9 Å². The van der Waals surface area contributed by atoms with Gasteiger partial charge in [0.25, 0.3) is 5.91 Å². The number of hydrogen-bond acceptors (Lipinski definition) is 3. The molecule has 0 bridgehead atoms. The normalized spacial score (nSPS) is 15.5. The van der Waals surface area contributed by atoms with Crippen molar-refractivity contribution in [1.82, 2.24) is 9.80 Å². The summed E-state index contributed by atoms with van der Waals surface area (Å²) in [4.78, 5) is 33.6. The second-order valence-corrected chi connectivity index (χ2v) is 7.37. The Morgan fingerprint density at radius 1 is 0.964 bits per heavy atom. The highest BCUT2D eigenvalue weighted by Gasteiger charge is 2.30. The summed E-state index contributed by atoms with van der Waals surface area (Å²) in [5, 5.41) is 1.48. The standard InChI is InChI=1S/C23H27N3O2/c1-25(2)15-16-26(14-8-11-18-9-4-3-5-10-18)23(28)20-17-19-12-6-7-13-21(19)24-22(20)27/h3-7,9-10,12-13,17,20H,8,11,14-16H2,1-2H3. The predicted molar refractivity (Wildman–Crippen MR) is 110 cm³/mol. The molecule has 2 amide bonds. The Labute approximate surface area is 166 Å². The summed E-state index contributed by atoms with van der Waals surface area (Å²) in [6.07, 6.45) is 3.52. The molecule has 0 N–H and O–H groups in total. The molecule has 1 atom stereocenters. The van der Waals surface area contributed by atoms with E-state index in [1.807, 2.05) is 60.3 Å². The van der Waals surface area contributed by atoms with Crippen molar-refractivity contribution in [1.29, 1.82) is 0 Å².